The number of carbonyl (C=O) groups excluding carboxylic acids is 1. The van der Waals surface area contributed by atoms with Crippen molar-refractivity contribution in [1.29, 1.82) is 0 Å². The molecule has 1 N–H and O–H groups in total. The van der Waals surface area contributed by atoms with Crippen LogP contribution in [0.4, 0.5) is 0 Å². The van der Waals surface area contributed by atoms with Crippen molar-refractivity contribution in [3.05, 3.63) is 33.8 Å². The summed E-state index contributed by atoms with van der Waals surface area (Å²) in [7, 11) is -3.14. The number of carbonyl (C=O) groups is 1. The van der Waals surface area contributed by atoms with E-state index in [4.69, 9.17) is 23.2 Å². The minimum absolute atomic E-state index is 0.0235. The van der Waals surface area contributed by atoms with Gasteiger partial charge in [0.2, 0.25) is 15.9 Å². The topological polar surface area (TPSA) is 66.5 Å². The molecule has 23 heavy (non-hydrogen) atoms. The molecule has 5 nitrogen and oxygen atoms in total. The fraction of sp³-hybridized carbons (Fsp3) is 0.533. The van der Waals surface area contributed by atoms with Crippen molar-refractivity contribution in [2.24, 2.45) is 0 Å². The van der Waals surface area contributed by atoms with E-state index in [1.54, 1.807) is 6.07 Å². The number of nitrogens with one attached hydrogen (secondary N) is 1. The van der Waals surface area contributed by atoms with Crippen LogP contribution in [0, 0.1) is 0 Å². The molecule has 1 aromatic carbocycles. The minimum atomic E-state index is -3.14. The lowest BCUT2D eigenvalue weighted by Crippen LogP contribution is -2.46. The van der Waals surface area contributed by atoms with E-state index < -0.39 is 10.0 Å². The molecular weight excluding hydrogens is 359 g/mol. The fourth-order valence-corrected chi connectivity index (χ4v) is 3.91. The Kier molecular flexibility index (Phi) is 6.31. The van der Waals surface area contributed by atoms with Gasteiger partial charge in [0.1, 0.15) is 0 Å². The van der Waals surface area contributed by atoms with Crippen molar-refractivity contribution >= 4 is 39.1 Å². The highest BCUT2D eigenvalue weighted by molar-refractivity contribution is 7.88. The van der Waals surface area contributed by atoms with Crippen LogP contribution >= 0.6 is 23.2 Å². The maximum absolute atomic E-state index is 12.0. The predicted octanol–water partition coefficient (Wildman–Crippen LogP) is 2.47. The summed E-state index contributed by atoms with van der Waals surface area (Å²) in [5.74, 6) is -0.0566. The molecule has 1 saturated heterocycles. The first-order valence-electron chi connectivity index (χ1n) is 7.44. The maximum Gasteiger partial charge on any atom is 0.220 e. The molecule has 128 valence electrons. The first-order valence-corrected chi connectivity index (χ1v) is 10.0. The lowest BCUT2D eigenvalue weighted by atomic mass is 10.1. The van der Waals surface area contributed by atoms with Crippen molar-refractivity contribution in [1.82, 2.24) is 9.62 Å². The van der Waals surface area contributed by atoms with Crippen LogP contribution in [0.2, 0.25) is 10.0 Å². The molecule has 0 unspecified atom stereocenters. The zero-order valence-electron chi connectivity index (χ0n) is 12.9. The van der Waals surface area contributed by atoms with Gasteiger partial charge in [0.15, 0.2) is 0 Å². The fourth-order valence-electron chi connectivity index (χ4n) is 2.62. The van der Waals surface area contributed by atoms with Gasteiger partial charge in [0.25, 0.3) is 0 Å². The van der Waals surface area contributed by atoms with Crippen LogP contribution in [0.1, 0.15) is 24.8 Å². The highest BCUT2D eigenvalue weighted by atomic mass is 35.5. The highest BCUT2D eigenvalue weighted by Gasteiger charge is 2.25. The first kappa shape index (κ1) is 18.5. The summed E-state index contributed by atoms with van der Waals surface area (Å²) >= 11 is 12.1. The second-order valence-corrected chi connectivity index (χ2v) is 8.48. The smallest absolute Gasteiger partial charge is 0.220 e. The number of hydrogen-bond donors (Lipinski definition) is 1. The molecule has 1 fully saturated rings. The van der Waals surface area contributed by atoms with Gasteiger partial charge in [-0.1, -0.05) is 35.3 Å². The van der Waals surface area contributed by atoms with E-state index in [9.17, 15) is 13.2 Å². The van der Waals surface area contributed by atoms with Gasteiger partial charge in [-0.15, -0.1) is 0 Å². The van der Waals surface area contributed by atoms with Gasteiger partial charge in [-0.2, -0.15) is 0 Å². The molecule has 0 bridgehead atoms. The van der Waals surface area contributed by atoms with Crippen LogP contribution < -0.4 is 5.32 Å². The molecule has 1 aliphatic rings. The maximum atomic E-state index is 12.0. The zero-order chi connectivity index (χ0) is 17.0. The molecule has 0 radical (unpaired) electrons. The van der Waals surface area contributed by atoms with Crippen molar-refractivity contribution in [3.8, 4) is 0 Å². The molecule has 1 aromatic rings. The normalized spacial score (nSPS) is 17.2. The zero-order valence-corrected chi connectivity index (χ0v) is 15.2. The van der Waals surface area contributed by atoms with Gasteiger partial charge in [-0.3, -0.25) is 4.79 Å². The largest absolute Gasteiger partial charge is 0.353 e. The average molecular weight is 379 g/mol. The monoisotopic (exact) mass is 378 g/mol. The average Bonchev–Trinajstić information content (AvgIpc) is 2.48. The number of amides is 1. The molecule has 1 amide bonds. The number of sulfonamides is 1. The second kappa shape index (κ2) is 7.83. The van der Waals surface area contributed by atoms with Crippen molar-refractivity contribution < 1.29 is 13.2 Å². The van der Waals surface area contributed by atoms with Crippen LogP contribution in [0.15, 0.2) is 18.2 Å². The van der Waals surface area contributed by atoms with E-state index in [1.165, 1.54) is 10.6 Å². The molecule has 0 aliphatic carbocycles. The van der Waals surface area contributed by atoms with E-state index in [0.717, 1.165) is 5.56 Å². The summed E-state index contributed by atoms with van der Waals surface area (Å²) in [4.78, 5) is 12.0. The molecule has 1 aliphatic heterocycles. The van der Waals surface area contributed by atoms with Crippen LogP contribution in [-0.4, -0.2) is 44.0 Å². The Morgan fingerprint density at radius 2 is 1.96 bits per heavy atom. The molecule has 0 spiro atoms. The molecular formula is C15H20Cl2N2O3S. The number of hydrogen-bond acceptors (Lipinski definition) is 3. The Morgan fingerprint density at radius 3 is 2.57 bits per heavy atom. The third kappa shape index (κ3) is 5.35. The molecule has 0 aromatic heterocycles. The van der Waals surface area contributed by atoms with E-state index in [1.807, 2.05) is 12.1 Å². The first-order chi connectivity index (χ1) is 10.8. The summed E-state index contributed by atoms with van der Waals surface area (Å²) in [5.41, 5.74) is 0.848. The summed E-state index contributed by atoms with van der Waals surface area (Å²) in [6.45, 7) is 0.897. The number of nitrogens with zero attached hydrogens (tertiary/aromatic N) is 1. The molecule has 0 saturated carbocycles. The molecule has 2 rings (SSSR count). The van der Waals surface area contributed by atoms with Gasteiger partial charge in [0, 0.05) is 25.6 Å². The van der Waals surface area contributed by atoms with Crippen molar-refractivity contribution in [3.63, 3.8) is 0 Å². The Hall–Kier alpha value is -0.820. The summed E-state index contributed by atoms with van der Waals surface area (Å²) in [6, 6.07) is 5.40. The Morgan fingerprint density at radius 1 is 1.30 bits per heavy atom. The van der Waals surface area contributed by atoms with E-state index in [0.29, 0.717) is 48.8 Å². The van der Waals surface area contributed by atoms with Gasteiger partial charge < -0.3 is 5.32 Å². The highest BCUT2D eigenvalue weighted by Crippen LogP contribution is 2.26. The van der Waals surface area contributed by atoms with E-state index in [-0.39, 0.29) is 11.9 Å². The second-order valence-electron chi connectivity index (χ2n) is 5.72. The van der Waals surface area contributed by atoms with Crippen LogP contribution in [0.5, 0.6) is 0 Å². The minimum Gasteiger partial charge on any atom is -0.353 e. The predicted molar refractivity (Wildman–Crippen MR) is 92.4 cm³/mol. The number of aryl methyl sites for hydroxylation is 1. The SMILES string of the molecule is CS(=O)(=O)N1CCC(NC(=O)CCc2cccc(Cl)c2Cl)CC1. The van der Waals surface area contributed by atoms with Gasteiger partial charge in [-0.25, -0.2) is 12.7 Å². The van der Waals surface area contributed by atoms with Gasteiger partial charge >= 0.3 is 0 Å². The van der Waals surface area contributed by atoms with Gasteiger partial charge in [-0.05, 0) is 30.9 Å². The third-order valence-corrected chi connectivity index (χ3v) is 6.10. The number of benzene rings is 1. The number of rotatable bonds is 5. The Labute approximate surface area is 147 Å². The standard InChI is InChI=1S/C15H20Cl2N2O3S/c1-23(21,22)19-9-7-12(8-10-19)18-14(20)6-5-11-3-2-4-13(16)15(11)17/h2-4,12H,5-10H2,1H3,(H,18,20). The van der Waals surface area contributed by atoms with E-state index in [2.05, 4.69) is 5.32 Å². The summed E-state index contributed by atoms with van der Waals surface area (Å²) < 4.78 is 24.3. The quantitative estimate of drug-likeness (QED) is 0.855. The summed E-state index contributed by atoms with van der Waals surface area (Å²) in [6.07, 6.45) is 3.33. The van der Waals surface area contributed by atoms with Crippen LogP contribution in [-0.2, 0) is 21.2 Å². The van der Waals surface area contributed by atoms with Crippen LogP contribution in [0.25, 0.3) is 0 Å². The van der Waals surface area contributed by atoms with Crippen LogP contribution in [0.3, 0.4) is 0 Å². The Bertz CT molecular complexity index is 671. The third-order valence-electron chi connectivity index (χ3n) is 3.94. The Balaban J connectivity index is 1.79. The van der Waals surface area contributed by atoms with Crippen molar-refractivity contribution in [2.75, 3.05) is 19.3 Å². The van der Waals surface area contributed by atoms with Crippen molar-refractivity contribution in [2.45, 2.75) is 31.7 Å². The lowest BCUT2D eigenvalue weighted by molar-refractivity contribution is -0.122. The van der Waals surface area contributed by atoms with Gasteiger partial charge in [0.05, 0.1) is 16.3 Å². The molecule has 8 heteroatoms. The lowest BCUT2D eigenvalue weighted by Gasteiger charge is -2.30. The molecule has 1 heterocycles. The number of halogens is 2. The molecule has 0 atom stereocenters. The van der Waals surface area contributed by atoms with E-state index >= 15 is 0 Å². The number of piperidine rings is 1. The summed E-state index contributed by atoms with van der Waals surface area (Å²) in [5, 5.41) is 3.93.